The molecule has 15 heavy (non-hydrogen) atoms. The van der Waals surface area contributed by atoms with Gasteiger partial charge in [0.05, 0.1) is 5.75 Å². The summed E-state index contributed by atoms with van der Waals surface area (Å²) in [6, 6.07) is 7.79. The Labute approximate surface area is 92.5 Å². The van der Waals surface area contributed by atoms with Gasteiger partial charge < -0.3 is 4.98 Å². The molecule has 0 saturated carbocycles. The van der Waals surface area contributed by atoms with Gasteiger partial charge in [-0.15, -0.1) is 0 Å². The Morgan fingerprint density at radius 2 is 2.07 bits per heavy atom. The molecule has 0 aliphatic carbocycles. The minimum atomic E-state index is -3.40. The predicted molar refractivity (Wildman–Crippen MR) is 61.6 cm³/mol. The molecular weight excluding hydrogens is 234 g/mol. The summed E-state index contributed by atoms with van der Waals surface area (Å²) in [6.45, 7) is 0. The molecule has 0 atom stereocenters. The summed E-state index contributed by atoms with van der Waals surface area (Å²) in [6.07, 6.45) is 2.30. The molecule has 0 radical (unpaired) electrons. The van der Waals surface area contributed by atoms with Crippen LogP contribution < -0.4 is 0 Å². The van der Waals surface area contributed by atoms with Crippen LogP contribution in [0.15, 0.2) is 30.5 Å². The van der Waals surface area contributed by atoms with Gasteiger partial charge in [-0.3, -0.25) is 0 Å². The predicted octanol–water partition coefficient (Wildman–Crippen LogP) is 2.28. The van der Waals surface area contributed by atoms with Gasteiger partial charge in [-0.25, -0.2) is 8.42 Å². The number of benzene rings is 1. The fraction of sp³-hybridized carbons (Fsp3) is 0.200. The molecular formula is C10H10ClNO2S. The Hall–Kier alpha value is -1.00. The van der Waals surface area contributed by atoms with Crippen LogP contribution in [-0.4, -0.2) is 19.2 Å². The van der Waals surface area contributed by atoms with Gasteiger partial charge in [-0.1, -0.05) is 12.1 Å². The lowest BCUT2D eigenvalue weighted by molar-refractivity contribution is 0.609. The highest BCUT2D eigenvalue weighted by Gasteiger charge is 2.06. The molecule has 1 aromatic carbocycles. The summed E-state index contributed by atoms with van der Waals surface area (Å²) in [5.74, 6) is -0.0270. The van der Waals surface area contributed by atoms with E-state index in [4.69, 9.17) is 10.7 Å². The van der Waals surface area contributed by atoms with E-state index in [1.165, 1.54) is 0 Å². The molecule has 2 aromatic rings. The van der Waals surface area contributed by atoms with Crippen LogP contribution in [0, 0.1) is 0 Å². The van der Waals surface area contributed by atoms with Crippen LogP contribution in [0.2, 0.25) is 0 Å². The molecule has 0 fully saturated rings. The highest BCUT2D eigenvalue weighted by Crippen LogP contribution is 2.15. The van der Waals surface area contributed by atoms with Crippen molar-refractivity contribution in [2.45, 2.75) is 6.42 Å². The number of hydrogen-bond donors (Lipinski definition) is 1. The van der Waals surface area contributed by atoms with Crippen LogP contribution in [0.4, 0.5) is 0 Å². The zero-order valence-electron chi connectivity index (χ0n) is 7.90. The number of fused-ring (bicyclic) bond motifs is 1. The van der Waals surface area contributed by atoms with Crippen molar-refractivity contribution in [3.63, 3.8) is 0 Å². The van der Waals surface area contributed by atoms with Crippen molar-refractivity contribution < 1.29 is 8.42 Å². The van der Waals surface area contributed by atoms with Crippen molar-refractivity contribution in [2.75, 3.05) is 5.75 Å². The third-order valence-electron chi connectivity index (χ3n) is 2.25. The molecule has 0 aliphatic heterocycles. The first-order valence-corrected chi connectivity index (χ1v) is 7.01. The first-order valence-electron chi connectivity index (χ1n) is 4.53. The topological polar surface area (TPSA) is 49.9 Å². The molecule has 2 rings (SSSR count). The molecule has 1 aromatic heterocycles. The van der Waals surface area contributed by atoms with Gasteiger partial charge in [0.2, 0.25) is 9.05 Å². The monoisotopic (exact) mass is 243 g/mol. The normalized spacial score (nSPS) is 12.1. The van der Waals surface area contributed by atoms with E-state index < -0.39 is 9.05 Å². The Morgan fingerprint density at radius 1 is 1.27 bits per heavy atom. The van der Waals surface area contributed by atoms with E-state index in [1.54, 1.807) is 0 Å². The van der Waals surface area contributed by atoms with Crippen molar-refractivity contribution in [1.82, 2.24) is 4.98 Å². The lowest BCUT2D eigenvalue weighted by Crippen LogP contribution is -2.00. The van der Waals surface area contributed by atoms with E-state index in [0.717, 1.165) is 16.5 Å². The Balaban J connectivity index is 2.21. The molecule has 0 amide bonds. The maximum absolute atomic E-state index is 10.8. The van der Waals surface area contributed by atoms with Crippen LogP contribution in [0.25, 0.3) is 10.9 Å². The van der Waals surface area contributed by atoms with Crippen LogP contribution >= 0.6 is 10.7 Å². The molecule has 80 valence electrons. The molecule has 0 saturated heterocycles. The van der Waals surface area contributed by atoms with Gasteiger partial charge in [0.25, 0.3) is 0 Å². The van der Waals surface area contributed by atoms with Crippen molar-refractivity contribution >= 4 is 30.6 Å². The third kappa shape index (κ3) is 2.73. The number of nitrogens with one attached hydrogen (secondary N) is 1. The highest BCUT2D eigenvalue weighted by molar-refractivity contribution is 8.13. The Morgan fingerprint density at radius 3 is 2.80 bits per heavy atom. The fourth-order valence-corrected chi connectivity index (χ4v) is 2.20. The van der Waals surface area contributed by atoms with E-state index in [-0.39, 0.29) is 5.75 Å². The number of aromatic amines is 1. The van der Waals surface area contributed by atoms with Crippen LogP contribution in [-0.2, 0) is 15.5 Å². The van der Waals surface area contributed by atoms with Gasteiger partial charge in [0.1, 0.15) is 0 Å². The maximum Gasteiger partial charge on any atom is 0.232 e. The number of halogens is 1. The first kappa shape index (κ1) is 10.5. The fourth-order valence-electron chi connectivity index (χ4n) is 1.49. The number of aryl methyl sites for hydroxylation is 1. The number of H-pyrrole nitrogens is 1. The SMILES string of the molecule is O=S(=O)(Cl)CCc1ccc2cc[nH]c2c1. The van der Waals surface area contributed by atoms with Crippen LogP contribution in [0.5, 0.6) is 0 Å². The molecule has 5 heteroatoms. The summed E-state index contributed by atoms with van der Waals surface area (Å²) in [5, 5.41) is 1.12. The zero-order valence-corrected chi connectivity index (χ0v) is 9.48. The molecule has 0 aliphatic rings. The molecule has 1 heterocycles. The second-order valence-corrected chi connectivity index (χ2v) is 6.29. The number of rotatable bonds is 3. The number of aromatic nitrogens is 1. The van der Waals surface area contributed by atoms with Gasteiger partial charge in [0, 0.05) is 22.4 Å². The lowest BCUT2D eigenvalue weighted by Gasteiger charge is -1.99. The van der Waals surface area contributed by atoms with Gasteiger partial charge >= 0.3 is 0 Å². The molecule has 0 bridgehead atoms. The standard InChI is InChI=1S/C10H10ClNO2S/c11-15(13,14)6-4-8-1-2-9-3-5-12-10(9)7-8/h1-3,5,7,12H,4,6H2. The van der Waals surface area contributed by atoms with E-state index in [1.807, 2.05) is 30.5 Å². The molecule has 0 unspecified atom stereocenters. The summed E-state index contributed by atoms with van der Waals surface area (Å²) < 4.78 is 21.6. The summed E-state index contributed by atoms with van der Waals surface area (Å²) in [5.41, 5.74) is 1.98. The van der Waals surface area contributed by atoms with E-state index in [2.05, 4.69) is 4.98 Å². The second kappa shape index (κ2) is 3.87. The lowest BCUT2D eigenvalue weighted by atomic mass is 10.1. The summed E-state index contributed by atoms with van der Waals surface area (Å²) in [7, 11) is 1.74. The van der Waals surface area contributed by atoms with E-state index >= 15 is 0 Å². The first-order chi connectivity index (χ1) is 7.04. The van der Waals surface area contributed by atoms with E-state index in [9.17, 15) is 8.42 Å². The van der Waals surface area contributed by atoms with Gasteiger partial charge in [-0.05, 0) is 29.5 Å². The smallest absolute Gasteiger partial charge is 0.232 e. The van der Waals surface area contributed by atoms with Gasteiger partial charge in [-0.2, -0.15) is 0 Å². The third-order valence-corrected chi connectivity index (χ3v) is 3.41. The average Bonchev–Trinajstić information content (AvgIpc) is 2.60. The Bertz CT molecular complexity index is 574. The number of hydrogen-bond acceptors (Lipinski definition) is 2. The van der Waals surface area contributed by atoms with Crippen molar-refractivity contribution in [1.29, 1.82) is 0 Å². The van der Waals surface area contributed by atoms with Crippen molar-refractivity contribution in [2.24, 2.45) is 0 Å². The minimum absolute atomic E-state index is 0.0270. The van der Waals surface area contributed by atoms with Crippen molar-refractivity contribution in [3.05, 3.63) is 36.0 Å². The minimum Gasteiger partial charge on any atom is -0.361 e. The van der Waals surface area contributed by atoms with Crippen molar-refractivity contribution in [3.8, 4) is 0 Å². The summed E-state index contributed by atoms with van der Waals surface area (Å²) in [4.78, 5) is 3.07. The van der Waals surface area contributed by atoms with Crippen LogP contribution in [0.3, 0.4) is 0 Å². The van der Waals surface area contributed by atoms with E-state index in [0.29, 0.717) is 6.42 Å². The quantitative estimate of drug-likeness (QED) is 0.841. The average molecular weight is 244 g/mol. The highest BCUT2D eigenvalue weighted by atomic mass is 35.7. The Kier molecular flexibility index (Phi) is 2.71. The maximum atomic E-state index is 10.8. The molecule has 3 nitrogen and oxygen atoms in total. The molecule has 1 N–H and O–H groups in total. The molecule has 0 spiro atoms. The zero-order chi connectivity index (χ0) is 10.9. The largest absolute Gasteiger partial charge is 0.361 e. The summed E-state index contributed by atoms with van der Waals surface area (Å²) >= 11 is 0. The van der Waals surface area contributed by atoms with Gasteiger partial charge in [0.15, 0.2) is 0 Å². The second-order valence-electron chi connectivity index (χ2n) is 3.39. The van der Waals surface area contributed by atoms with Crippen LogP contribution in [0.1, 0.15) is 5.56 Å².